The molecule has 3 rings (SSSR count). The average molecular weight is 360 g/mol. The molecule has 8 nitrogen and oxygen atoms in total. The Morgan fingerprint density at radius 3 is 2.69 bits per heavy atom. The van der Waals surface area contributed by atoms with E-state index in [2.05, 4.69) is 30.6 Å². The molecule has 0 fully saturated rings. The highest BCUT2D eigenvalue weighted by atomic mass is 19.3. The second kappa shape index (κ2) is 6.82. The molecule has 1 amide bonds. The fourth-order valence-corrected chi connectivity index (χ4v) is 2.17. The van der Waals surface area contributed by atoms with Crippen molar-refractivity contribution in [1.82, 2.24) is 19.9 Å². The van der Waals surface area contributed by atoms with Crippen molar-refractivity contribution in [3.05, 3.63) is 42.5 Å². The highest BCUT2D eigenvalue weighted by Crippen LogP contribution is 2.31. The lowest BCUT2D eigenvalue weighted by Gasteiger charge is -2.13. The van der Waals surface area contributed by atoms with Gasteiger partial charge in [-0.05, 0) is 6.07 Å². The van der Waals surface area contributed by atoms with Crippen molar-refractivity contribution in [2.24, 2.45) is 0 Å². The lowest BCUT2D eigenvalue weighted by atomic mass is 10.2. The van der Waals surface area contributed by atoms with Crippen LogP contribution in [0.1, 0.15) is 18.6 Å². The van der Waals surface area contributed by atoms with E-state index in [0.29, 0.717) is 36.2 Å². The van der Waals surface area contributed by atoms with Gasteiger partial charge in [-0.25, -0.2) is 19.9 Å². The van der Waals surface area contributed by atoms with Gasteiger partial charge in [-0.2, -0.15) is 8.78 Å². The number of halogens is 2. The van der Waals surface area contributed by atoms with Crippen LogP contribution in [-0.4, -0.2) is 26.3 Å². The Morgan fingerprint density at radius 1 is 1.23 bits per heavy atom. The minimum absolute atomic E-state index is 0.154. The van der Waals surface area contributed by atoms with Gasteiger partial charge in [-0.3, -0.25) is 4.79 Å². The molecule has 0 radical (unpaired) electrons. The zero-order valence-electron chi connectivity index (χ0n) is 13.8. The molecule has 134 valence electrons. The quantitative estimate of drug-likeness (QED) is 0.650. The zero-order valence-corrected chi connectivity index (χ0v) is 13.8. The number of anilines is 3. The number of nitrogens with one attached hydrogen (secondary N) is 2. The molecule has 0 spiro atoms. The van der Waals surface area contributed by atoms with Crippen LogP contribution >= 0.6 is 0 Å². The van der Waals surface area contributed by atoms with Gasteiger partial charge in [0, 0.05) is 37.9 Å². The molecule has 2 N–H and O–H groups in total. The molecule has 10 heteroatoms. The Hall–Kier alpha value is -3.43. The first-order valence-corrected chi connectivity index (χ1v) is 7.48. The summed E-state index contributed by atoms with van der Waals surface area (Å²) in [5.74, 6) is -2.91. The first-order valence-electron chi connectivity index (χ1n) is 7.48. The number of rotatable bonds is 6. The van der Waals surface area contributed by atoms with Crippen LogP contribution in [0.3, 0.4) is 0 Å². The summed E-state index contributed by atoms with van der Waals surface area (Å²) < 4.78 is 32.1. The Labute approximate surface area is 146 Å². The molecule has 0 unspecified atom stereocenters. The molecule has 0 aliphatic heterocycles. The Balaban J connectivity index is 2.02. The molecule has 0 aliphatic carbocycles. The van der Waals surface area contributed by atoms with E-state index in [-0.39, 0.29) is 11.6 Å². The summed E-state index contributed by atoms with van der Waals surface area (Å²) in [4.78, 5) is 26.4. The van der Waals surface area contributed by atoms with E-state index < -0.39 is 11.7 Å². The number of oxazole rings is 1. The third kappa shape index (κ3) is 3.79. The van der Waals surface area contributed by atoms with Crippen LogP contribution in [0, 0.1) is 6.92 Å². The number of alkyl halides is 2. The molecule has 3 aromatic heterocycles. The minimum Gasteiger partial charge on any atom is -0.449 e. The molecule has 3 heterocycles. The smallest absolute Gasteiger partial charge is 0.303 e. The van der Waals surface area contributed by atoms with E-state index in [9.17, 15) is 13.6 Å². The van der Waals surface area contributed by atoms with Gasteiger partial charge in [0.25, 0.3) is 0 Å². The van der Waals surface area contributed by atoms with Gasteiger partial charge in [-0.1, -0.05) is 0 Å². The summed E-state index contributed by atoms with van der Waals surface area (Å²) in [5, 5.41) is 5.35. The maximum Gasteiger partial charge on any atom is 0.303 e. The second-order valence-corrected chi connectivity index (χ2v) is 5.41. The number of aromatic nitrogens is 4. The topological polar surface area (TPSA) is 106 Å². The second-order valence-electron chi connectivity index (χ2n) is 5.41. The predicted octanol–water partition coefficient (Wildman–Crippen LogP) is 3.26. The van der Waals surface area contributed by atoms with Crippen molar-refractivity contribution in [2.45, 2.75) is 19.8 Å². The van der Waals surface area contributed by atoms with Crippen LogP contribution in [0.2, 0.25) is 0 Å². The third-order valence-electron chi connectivity index (χ3n) is 3.32. The lowest BCUT2D eigenvalue weighted by molar-refractivity contribution is -0.105. The van der Waals surface area contributed by atoms with Crippen molar-refractivity contribution >= 4 is 23.7 Å². The molecular formula is C16H14F2N6O2. The maximum absolute atomic E-state index is 13.5. The number of hydrogen-bond acceptors (Lipinski definition) is 7. The van der Waals surface area contributed by atoms with E-state index in [1.165, 1.54) is 30.8 Å². The van der Waals surface area contributed by atoms with Crippen LogP contribution < -0.4 is 10.6 Å². The monoisotopic (exact) mass is 360 g/mol. The van der Waals surface area contributed by atoms with E-state index in [1.807, 2.05) is 0 Å². The van der Waals surface area contributed by atoms with Gasteiger partial charge in [0.05, 0.1) is 5.69 Å². The van der Waals surface area contributed by atoms with E-state index >= 15 is 0 Å². The molecule has 3 aromatic rings. The van der Waals surface area contributed by atoms with E-state index in [1.54, 1.807) is 6.92 Å². The van der Waals surface area contributed by atoms with Gasteiger partial charge in [0.2, 0.25) is 12.2 Å². The van der Waals surface area contributed by atoms with Crippen LogP contribution in [-0.2, 0) is 10.7 Å². The molecule has 0 aromatic carbocycles. The molecule has 0 bridgehead atoms. The van der Waals surface area contributed by atoms with Gasteiger partial charge in [-0.15, -0.1) is 0 Å². The molecule has 26 heavy (non-hydrogen) atoms. The Bertz CT molecular complexity index is 938. The summed E-state index contributed by atoms with van der Waals surface area (Å²) in [7, 11) is 0. The highest BCUT2D eigenvalue weighted by Gasteiger charge is 2.28. The van der Waals surface area contributed by atoms with Crippen LogP contribution in [0.4, 0.5) is 26.1 Å². The summed E-state index contributed by atoms with van der Waals surface area (Å²) in [6.45, 7) is 2.40. The van der Waals surface area contributed by atoms with Gasteiger partial charge in [0.15, 0.2) is 5.89 Å². The summed E-state index contributed by atoms with van der Waals surface area (Å²) >= 11 is 0. The number of amides is 1. The minimum atomic E-state index is -3.17. The normalized spacial score (nSPS) is 11.2. The summed E-state index contributed by atoms with van der Waals surface area (Å²) in [6, 6.07) is 2.97. The zero-order chi connectivity index (χ0) is 18.7. The van der Waals surface area contributed by atoms with Gasteiger partial charge >= 0.3 is 5.92 Å². The van der Waals surface area contributed by atoms with Crippen molar-refractivity contribution in [1.29, 1.82) is 0 Å². The largest absolute Gasteiger partial charge is 0.449 e. The first kappa shape index (κ1) is 17.4. The highest BCUT2D eigenvalue weighted by molar-refractivity contribution is 5.81. The van der Waals surface area contributed by atoms with Gasteiger partial charge < -0.3 is 15.1 Å². The standard InChI is InChI=1S/C16H14F2N6O2/c1-9-22-12(7-26-9)10-6-20-14(21-8-25)5-11(10)23-13-3-4-19-15(24-13)16(2,17)18/h3-8H,1-2H3,(H2,19,20,21,23,24,25). The molecule has 0 aliphatic rings. The summed E-state index contributed by atoms with van der Waals surface area (Å²) in [5.41, 5.74) is 1.48. The van der Waals surface area contributed by atoms with Gasteiger partial charge in [0.1, 0.15) is 23.6 Å². The van der Waals surface area contributed by atoms with Crippen LogP contribution in [0.5, 0.6) is 0 Å². The Morgan fingerprint density at radius 2 is 2.04 bits per heavy atom. The van der Waals surface area contributed by atoms with Crippen molar-refractivity contribution in [3.8, 4) is 11.3 Å². The predicted molar refractivity (Wildman–Crippen MR) is 89.0 cm³/mol. The summed E-state index contributed by atoms with van der Waals surface area (Å²) in [6.07, 6.45) is 4.62. The molecule has 0 saturated heterocycles. The molecule has 0 saturated carbocycles. The van der Waals surface area contributed by atoms with Crippen molar-refractivity contribution in [3.63, 3.8) is 0 Å². The molecule has 0 atom stereocenters. The maximum atomic E-state index is 13.5. The van der Waals surface area contributed by atoms with Crippen molar-refractivity contribution in [2.75, 3.05) is 10.6 Å². The number of pyridine rings is 1. The number of carbonyl (C=O) groups excluding carboxylic acids is 1. The Kier molecular flexibility index (Phi) is 4.57. The fourth-order valence-electron chi connectivity index (χ4n) is 2.17. The number of aryl methyl sites for hydroxylation is 1. The lowest BCUT2D eigenvalue weighted by Crippen LogP contribution is -2.13. The number of hydrogen-bond donors (Lipinski definition) is 2. The fraction of sp³-hybridized carbons (Fsp3) is 0.188. The number of nitrogens with zero attached hydrogens (tertiary/aromatic N) is 4. The third-order valence-corrected chi connectivity index (χ3v) is 3.32. The SMILES string of the molecule is Cc1nc(-c2cnc(NC=O)cc2Nc2ccnc(C(C)(F)F)n2)co1. The van der Waals surface area contributed by atoms with Crippen molar-refractivity contribution < 1.29 is 18.0 Å². The number of carbonyl (C=O) groups is 1. The first-order chi connectivity index (χ1) is 12.4. The average Bonchev–Trinajstić information content (AvgIpc) is 3.01. The molecular weight excluding hydrogens is 346 g/mol. The van der Waals surface area contributed by atoms with E-state index in [0.717, 1.165) is 0 Å². The van der Waals surface area contributed by atoms with Crippen LogP contribution in [0.15, 0.2) is 35.2 Å². The van der Waals surface area contributed by atoms with Crippen LogP contribution in [0.25, 0.3) is 11.3 Å². The van der Waals surface area contributed by atoms with E-state index in [4.69, 9.17) is 4.42 Å².